The summed E-state index contributed by atoms with van der Waals surface area (Å²) in [7, 11) is 0. The molecule has 4 aliphatic carbocycles. The lowest BCUT2D eigenvalue weighted by Crippen LogP contribution is -2.65. The minimum atomic E-state index is -0.871. The van der Waals surface area contributed by atoms with Crippen LogP contribution < -0.4 is 0 Å². The fourth-order valence-electron chi connectivity index (χ4n) is 8.77. The number of nitrogens with one attached hydrogen (secondary N) is 1. The molecule has 2 saturated heterocycles. The Balaban J connectivity index is 1.30. The predicted molar refractivity (Wildman–Crippen MR) is 109 cm³/mol. The Bertz CT molecular complexity index is 990. The number of hydrogen-bond donors (Lipinski definition) is 1. The predicted octanol–water partition coefficient (Wildman–Crippen LogP) is 3.21. The molecule has 7 nitrogen and oxygen atoms in total. The van der Waals surface area contributed by atoms with E-state index >= 15 is 0 Å². The summed E-state index contributed by atoms with van der Waals surface area (Å²) in [4.78, 5) is 14.0. The van der Waals surface area contributed by atoms with Gasteiger partial charge in [0.15, 0.2) is 13.6 Å². The van der Waals surface area contributed by atoms with Gasteiger partial charge in [-0.2, -0.15) is 5.10 Å². The lowest BCUT2D eigenvalue weighted by Gasteiger charge is -2.59. The number of ketones is 1. The van der Waals surface area contributed by atoms with Crippen molar-refractivity contribution < 1.29 is 23.7 Å². The molecule has 1 aromatic rings. The molecule has 0 amide bonds. The number of allylic oxidation sites excluding steroid dienone is 1. The lowest BCUT2D eigenvalue weighted by molar-refractivity contribution is -0.246. The normalized spacial score (nSPS) is 50.3. The van der Waals surface area contributed by atoms with Gasteiger partial charge in [-0.05, 0) is 55.6 Å². The van der Waals surface area contributed by atoms with E-state index in [0.29, 0.717) is 30.6 Å². The maximum absolute atomic E-state index is 14.0. The van der Waals surface area contributed by atoms with Crippen LogP contribution in [0.2, 0.25) is 0 Å². The average molecular weight is 427 g/mol. The van der Waals surface area contributed by atoms with Gasteiger partial charge >= 0.3 is 0 Å². The van der Waals surface area contributed by atoms with Crippen LogP contribution in [0.25, 0.3) is 6.08 Å². The molecule has 7 atom stereocenters. The van der Waals surface area contributed by atoms with Crippen LogP contribution in [0.1, 0.15) is 57.2 Å². The third kappa shape index (κ3) is 2.06. The van der Waals surface area contributed by atoms with Crippen LogP contribution in [0.3, 0.4) is 0 Å². The molecule has 0 aromatic carbocycles. The van der Waals surface area contributed by atoms with Gasteiger partial charge in [0.05, 0.1) is 11.9 Å². The third-order valence-corrected chi connectivity index (χ3v) is 10.1. The van der Waals surface area contributed by atoms with Crippen LogP contribution in [0.15, 0.2) is 11.8 Å². The Hall–Kier alpha value is -1.54. The Morgan fingerprint density at radius 2 is 2.00 bits per heavy atom. The summed E-state index contributed by atoms with van der Waals surface area (Å²) >= 11 is 0. The van der Waals surface area contributed by atoms with E-state index in [1.54, 1.807) is 0 Å². The van der Waals surface area contributed by atoms with Crippen molar-refractivity contribution in [2.45, 2.75) is 63.8 Å². The lowest BCUT2D eigenvalue weighted by atomic mass is 9.45. The van der Waals surface area contributed by atoms with Gasteiger partial charge in [-0.15, -0.1) is 0 Å². The van der Waals surface area contributed by atoms with Gasteiger partial charge in [-0.3, -0.25) is 9.89 Å². The number of fused-ring (bicyclic) bond motifs is 8. The largest absolute Gasteiger partial charge is 0.350 e. The van der Waals surface area contributed by atoms with Crippen LogP contribution in [0, 0.1) is 28.6 Å². The summed E-state index contributed by atoms with van der Waals surface area (Å²) in [5.41, 5.74) is 2.74. The van der Waals surface area contributed by atoms with Gasteiger partial charge in [0.2, 0.25) is 5.79 Å². The average Bonchev–Trinajstić information content (AvgIpc) is 3.50. The van der Waals surface area contributed by atoms with E-state index in [2.05, 4.69) is 30.1 Å². The summed E-state index contributed by atoms with van der Waals surface area (Å²) < 4.78 is 24.1. The van der Waals surface area contributed by atoms with E-state index in [0.717, 1.165) is 37.8 Å². The monoisotopic (exact) mass is 426 g/mol. The maximum atomic E-state index is 14.0. The number of rotatable bonds is 0. The fraction of sp³-hybridized carbons (Fsp3) is 0.750. The van der Waals surface area contributed by atoms with Crippen molar-refractivity contribution in [3.8, 4) is 0 Å². The molecule has 31 heavy (non-hydrogen) atoms. The molecule has 3 heterocycles. The van der Waals surface area contributed by atoms with Crippen LogP contribution in [-0.4, -0.2) is 47.6 Å². The fourth-order valence-corrected chi connectivity index (χ4v) is 8.77. The highest BCUT2D eigenvalue weighted by Crippen LogP contribution is 2.70. The number of carbonyl (C=O) groups is 1. The van der Waals surface area contributed by atoms with Crippen molar-refractivity contribution in [2.75, 3.05) is 20.2 Å². The second kappa shape index (κ2) is 5.87. The van der Waals surface area contributed by atoms with Crippen molar-refractivity contribution in [3.05, 3.63) is 23.0 Å². The molecule has 7 rings (SSSR count). The Morgan fingerprint density at radius 1 is 1.13 bits per heavy atom. The highest BCUT2D eigenvalue weighted by molar-refractivity contribution is 5.86. The molecular formula is C24H30N2O5. The van der Waals surface area contributed by atoms with E-state index in [-0.39, 0.29) is 30.3 Å². The summed E-state index contributed by atoms with van der Waals surface area (Å²) in [5.74, 6) is 0.355. The number of nitrogens with zero attached hydrogens (tertiary/aromatic N) is 1. The molecule has 5 fully saturated rings. The van der Waals surface area contributed by atoms with Crippen molar-refractivity contribution in [3.63, 3.8) is 0 Å². The van der Waals surface area contributed by atoms with E-state index in [9.17, 15) is 4.79 Å². The molecule has 1 N–H and O–H groups in total. The first kappa shape index (κ1) is 19.0. The van der Waals surface area contributed by atoms with Gasteiger partial charge in [0.25, 0.3) is 0 Å². The molecule has 0 bridgehead atoms. The third-order valence-electron chi connectivity index (χ3n) is 10.1. The van der Waals surface area contributed by atoms with Gasteiger partial charge in [0.1, 0.15) is 18.0 Å². The molecule has 7 heteroatoms. The minimum absolute atomic E-state index is 0.0581. The standard InChI is InChI=1S/C24H30N2O5/c1-21-8-14-10-25-26-18(14)7-15(21)3-4-16-17-5-6-23(22(17,2)9-19(27)20(16)21)24(31-13-29-23)11-28-12-30-24/h7,10,16-17,20H,3-6,8-9,11-13H2,1-2H3,(H,25,26)/t16-,17-,20+,21-,22-,23+,24?/m0/s1. The number of carbonyl (C=O) groups excluding carboxylic acids is 1. The van der Waals surface area contributed by atoms with Crippen molar-refractivity contribution >= 4 is 11.9 Å². The van der Waals surface area contributed by atoms with Crippen LogP contribution in [-0.2, 0) is 30.2 Å². The van der Waals surface area contributed by atoms with Gasteiger partial charge in [-0.25, -0.2) is 0 Å². The molecule has 2 aliphatic heterocycles. The molecule has 0 radical (unpaired) electrons. The molecule has 6 aliphatic rings. The number of H-pyrrole nitrogens is 1. The molecule has 2 spiro atoms. The highest BCUT2D eigenvalue weighted by Gasteiger charge is 2.76. The zero-order valence-corrected chi connectivity index (χ0v) is 18.2. The van der Waals surface area contributed by atoms with Crippen LogP contribution >= 0.6 is 0 Å². The smallest absolute Gasteiger partial charge is 0.226 e. The Labute approximate surface area is 181 Å². The van der Waals surface area contributed by atoms with Crippen LogP contribution in [0.5, 0.6) is 0 Å². The van der Waals surface area contributed by atoms with E-state index in [1.807, 2.05) is 6.20 Å². The molecule has 166 valence electrons. The number of aromatic nitrogens is 2. The summed E-state index contributed by atoms with van der Waals surface area (Å²) in [6, 6.07) is 0. The molecule has 1 aromatic heterocycles. The quantitative estimate of drug-likeness (QED) is 0.686. The topological polar surface area (TPSA) is 82.7 Å². The van der Waals surface area contributed by atoms with Gasteiger partial charge in [0, 0.05) is 23.2 Å². The SMILES string of the molecule is C[C@]12Cc3cn[nH]c3C=C1CC[C@@H]1[C@@H]2C(=O)C[C@@]2(C)[C@H]1CC[C@@]21OCOC12COCO2. The maximum Gasteiger partial charge on any atom is 0.226 e. The van der Waals surface area contributed by atoms with Crippen molar-refractivity contribution in [1.29, 1.82) is 0 Å². The second-order valence-corrected chi connectivity index (χ2v) is 11.1. The summed E-state index contributed by atoms with van der Waals surface area (Å²) in [6.45, 7) is 5.40. The van der Waals surface area contributed by atoms with Crippen molar-refractivity contribution in [2.24, 2.45) is 28.6 Å². The zero-order chi connectivity index (χ0) is 21.1. The van der Waals surface area contributed by atoms with Gasteiger partial charge in [-0.1, -0.05) is 19.4 Å². The van der Waals surface area contributed by atoms with E-state index < -0.39 is 11.4 Å². The second-order valence-electron chi connectivity index (χ2n) is 11.1. The zero-order valence-electron chi connectivity index (χ0n) is 18.2. The highest BCUT2D eigenvalue weighted by atomic mass is 16.9. The molecule has 1 unspecified atom stereocenters. The summed E-state index contributed by atoms with van der Waals surface area (Å²) in [5, 5.41) is 7.39. The Kier molecular flexibility index (Phi) is 3.59. The number of aromatic amines is 1. The van der Waals surface area contributed by atoms with E-state index in [1.165, 1.54) is 11.1 Å². The minimum Gasteiger partial charge on any atom is -0.350 e. The first-order chi connectivity index (χ1) is 14.9. The number of ether oxygens (including phenoxy) is 4. The first-order valence-electron chi connectivity index (χ1n) is 11.7. The molecule has 3 saturated carbocycles. The van der Waals surface area contributed by atoms with Crippen molar-refractivity contribution in [1.82, 2.24) is 10.2 Å². The number of hydrogen-bond acceptors (Lipinski definition) is 6. The number of Topliss-reactive ketones (excluding diaryl/α,β-unsaturated/α-hetero) is 1. The summed E-state index contributed by atoms with van der Waals surface area (Å²) in [6.07, 6.45) is 9.64. The van der Waals surface area contributed by atoms with Gasteiger partial charge < -0.3 is 18.9 Å². The Morgan fingerprint density at radius 3 is 2.84 bits per heavy atom. The van der Waals surface area contributed by atoms with E-state index in [4.69, 9.17) is 18.9 Å². The van der Waals surface area contributed by atoms with Crippen LogP contribution in [0.4, 0.5) is 0 Å². The first-order valence-corrected chi connectivity index (χ1v) is 11.7. The molecular weight excluding hydrogens is 396 g/mol.